The van der Waals surface area contributed by atoms with Crippen molar-refractivity contribution in [1.82, 2.24) is 4.98 Å². The first-order valence-corrected chi connectivity index (χ1v) is 7.81. The molecule has 0 aliphatic carbocycles. The monoisotopic (exact) mass is 317 g/mol. The van der Waals surface area contributed by atoms with E-state index in [1.54, 1.807) is 11.3 Å². The van der Waals surface area contributed by atoms with Gasteiger partial charge in [0.2, 0.25) is 0 Å². The van der Waals surface area contributed by atoms with Crippen molar-refractivity contribution < 1.29 is 0 Å². The molecule has 0 radical (unpaired) electrons. The molecule has 18 heavy (non-hydrogen) atoms. The number of aromatic nitrogens is 1. The van der Waals surface area contributed by atoms with E-state index in [0.29, 0.717) is 0 Å². The lowest BCUT2D eigenvalue weighted by molar-refractivity contribution is 1.18. The van der Waals surface area contributed by atoms with Crippen LogP contribution in [0.5, 0.6) is 0 Å². The standard InChI is InChI=1S/C15H12BrNS/c16-9-8-11-6-7-13-14(10-11)18-15(17-13)12-4-2-1-3-5-12/h1-7,10H,8-9H2. The number of fused-ring (bicyclic) bond motifs is 1. The highest BCUT2D eigenvalue weighted by molar-refractivity contribution is 9.09. The Morgan fingerprint density at radius 3 is 2.67 bits per heavy atom. The molecular weight excluding hydrogens is 306 g/mol. The molecule has 3 heteroatoms. The third-order valence-corrected chi connectivity index (χ3v) is 4.32. The Hall–Kier alpha value is -1.19. The summed E-state index contributed by atoms with van der Waals surface area (Å²) in [6, 6.07) is 16.9. The van der Waals surface area contributed by atoms with Crippen molar-refractivity contribution in [3.05, 3.63) is 54.1 Å². The van der Waals surface area contributed by atoms with Gasteiger partial charge in [0.05, 0.1) is 10.2 Å². The number of alkyl halides is 1. The minimum atomic E-state index is 1.00. The zero-order valence-corrected chi connectivity index (χ0v) is 12.2. The van der Waals surface area contributed by atoms with E-state index < -0.39 is 0 Å². The highest BCUT2D eigenvalue weighted by Gasteiger charge is 2.06. The van der Waals surface area contributed by atoms with E-state index in [-0.39, 0.29) is 0 Å². The first-order chi connectivity index (χ1) is 8.86. The molecule has 3 aromatic rings. The number of thiazole rings is 1. The van der Waals surface area contributed by atoms with Gasteiger partial charge in [-0.05, 0) is 24.1 Å². The Balaban J connectivity index is 2.06. The molecule has 1 aromatic heterocycles. The van der Waals surface area contributed by atoms with Gasteiger partial charge < -0.3 is 0 Å². The van der Waals surface area contributed by atoms with Gasteiger partial charge in [-0.25, -0.2) is 4.98 Å². The van der Waals surface area contributed by atoms with Gasteiger partial charge in [-0.1, -0.05) is 52.3 Å². The molecule has 0 spiro atoms. The molecule has 0 bridgehead atoms. The van der Waals surface area contributed by atoms with E-state index in [9.17, 15) is 0 Å². The Morgan fingerprint density at radius 2 is 1.89 bits per heavy atom. The predicted molar refractivity (Wildman–Crippen MR) is 82.6 cm³/mol. The maximum absolute atomic E-state index is 4.69. The van der Waals surface area contributed by atoms with Gasteiger partial charge in [0.1, 0.15) is 5.01 Å². The molecule has 0 aliphatic heterocycles. The highest BCUT2D eigenvalue weighted by Crippen LogP contribution is 2.30. The molecule has 0 aliphatic rings. The minimum Gasteiger partial charge on any atom is -0.236 e. The normalized spacial score (nSPS) is 10.9. The summed E-state index contributed by atoms with van der Waals surface area (Å²) in [7, 11) is 0. The lowest BCUT2D eigenvalue weighted by atomic mass is 10.2. The van der Waals surface area contributed by atoms with Crippen LogP contribution in [0, 0.1) is 0 Å². The van der Waals surface area contributed by atoms with Crippen LogP contribution in [0.3, 0.4) is 0 Å². The Morgan fingerprint density at radius 1 is 1.06 bits per heavy atom. The Bertz CT molecular complexity index is 661. The van der Waals surface area contributed by atoms with Gasteiger partial charge in [0.15, 0.2) is 0 Å². The summed E-state index contributed by atoms with van der Waals surface area (Å²) < 4.78 is 1.27. The first-order valence-electron chi connectivity index (χ1n) is 5.87. The number of hydrogen-bond donors (Lipinski definition) is 0. The summed E-state index contributed by atoms with van der Waals surface area (Å²) >= 11 is 5.24. The van der Waals surface area contributed by atoms with Crippen molar-refractivity contribution in [2.75, 3.05) is 5.33 Å². The van der Waals surface area contributed by atoms with Crippen LogP contribution in [0.2, 0.25) is 0 Å². The second-order valence-corrected chi connectivity index (χ2v) is 5.95. The van der Waals surface area contributed by atoms with Crippen molar-refractivity contribution in [2.24, 2.45) is 0 Å². The van der Waals surface area contributed by atoms with Crippen LogP contribution in [-0.4, -0.2) is 10.3 Å². The number of rotatable bonds is 3. The fourth-order valence-corrected chi connectivity index (χ4v) is 3.43. The van der Waals surface area contributed by atoms with Crippen LogP contribution in [0.25, 0.3) is 20.8 Å². The molecule has 0 fully saturated rings. The molecular formula is C15H12BrNS. The van der Waals surface area contributed by atoms with Crippen molar-refractivity contribution in [3.8, 4) is 10.6 Å². The lowest BCUT2D eigenvalue weighted by Crippen LogP contribution is -1.83. The van der Waals surface area contributed by atoms with Crippen molar-refractivity contribution in [3.63, 3.8) is 0 Å². The largest absolute Gasteiger partial charge is 0.236 e. The van der Waals surface area contributed by atoms with Gasteiger partial charge >= 0.3 is 0 Å². The van der Waals surface area contributed by atoms with E-state index in [0.717, 1.165) is 22.3 Å². The maximum atomic E-state index is 4.69. The van der Waals surface area contributed by atoms with E-state index in [1.807, 2.05) is 6.07 Å². The van der Waals surface area contributed by atoms with Gasteiger partial charge in [0, 0.05) is 10.9 Å². The third-order valence-electron chi connectivity index (χ3n) is 2.86. The molecule has 0 amide bonds. The van der Waals surface area contributed by atoms with Crippen LogP contribution in [-0.2, 0) is 6.42 Å². The van der Waals surface area contributed by atoms with E-state index in [4.69, 9.17) is 4.98 Å². The summed E-state index contributed by atoms with van der Waals surface area (Å²) in [5.74, 6) is 0. The molecule has 0 N–H and O–H groups in total. The summed E-state index contributed by atoms with van der Waals surface area (Å²) in [5, 5.41) is 2.10. The molecule has 0 saturated carbocycles. The van der Waals surface area contributed by atoms with Gasteiger partial charge in [0.25, 0.3) is 0 Å². The van der Waals surface area contributed by atoms with Crippen molar-refractivity contribution in [2.45, 2.75) is 6.42 Å². The predicted octanol–water partition coefficient (Wildman–Crippen LogP) is 4.90. The second-order valence-electron chi connectivity index (χ2n) is 4.13. The minimum absolute atomic E-state index is 1.00. The number of nitrogens with zero attached hydrogens (tertiary/aromatic N) is 1. The molecule has 2 aromatic carbocycles. The van der Waals surface area contributed by atoms with E-state index in [1.165, 1.54) is 15.8 Å². The van der Waals surface area contributed by atoms with Crippen molar-refractivity contribution in [1.29, 1.82) is 0 Å². The number of benzene rings is 2. The zero-order chi connectivity index (χ0) is 12.4. The molecule has 0 unspecified atom stereocenters. The molecule has 3 rings (SSSR count). The average molecular weight is 318 g/mol. The Labute approximate surface area is 119 Å². The lowest BCUT2D eigenvalue weighted by Gasteiger charge is -1.95. The summed E-state index contributed by atoms with van der Waals surface area (Å²) in [6.07, 6.45) is 1.06. The molecule has 1 heterocycles. The number of halogens is 1. The topological polar surface area (TPSA) is 12.9 Å². The molecule has 0 saturated heterocycles. The fourth-order valence-electron chi connectivity index (χ4n) is 1.94. The maximum Gasteiger partial charge on any atom is 0.124 e. The van der Waals surface area contributed by atoms with Gasteiger partial charge in [-0.3, -0.25) is 0 Å². The van der Waals surface area contributed by atoms with Crippen LogP contribution in [0.1, 0.15) is 5.56 Å². The smallest absolute Gasteiger partial charge is 0.124 e. The summed E-state index contributed by atoms with van der Waals surface area (Å²) in [5.41, 5.74) is 3.65. The van der Waals surface area contributed by atoms with Gasteiger partial charge in [-0.2, -0.15) is 0 Å². The summed E-state index contributed by atoms with van der Waals surface area (Å²) in [6.45, 7) is 0. The van der Waals surface area contributed by atoms with E-state index in [2.05, 4.69) is 58.4 Å². The van der Waals surface area contributed by atoms with Crippen LogP contribution in [0.4, 0.5) is 0 Å². The molecule has 0 atom stereocenters. The second kappa shape index (κ2) is 5.21. The molecule has 90 valence electrons. The van der Waals surface area contributed by atoms with Crippen LogP contribution in [0.15, 0.2) is 48.5 Å². The number of hydrogen-bond acceptors (Lipinski definition) is 2. The van der Waals surface area contributed by atoms with Crippen LogP contribution < -0.4 is 0 Å². The van der Waals surface area contributed by atoms with Crippen molar-refractivity contribution >= 4 is 37.5 Å². The third kappa shape index (κ3) is 2.33. The summed E-state index contributed by atoms with van der Waals surface area (Å²) in [4.78, 5) is 4.69. The van der Waals surface area contributed by atoms with Gasteiger partial charge in [-0.15, -0.1) is 11.3 Å². The van der Waals surface area contributed by atoms with Crippen LogP contribution >= 0.6 is 27.3 Å². The molecule has 1 nitrogen and oxygen atoms in total. The SMILES string of the molecule is BrCCc1ccc2nc(-c3ccccc3)sc2c1. The number of aryl methyl sites for hydroxylation is 1. The average Bonchev–Trinajstić information content (AvgIpc) is 2.83. The van der Waals surface area contributed by atoms with E-state index >= 15 is 0 Å². The fraction of sp³-hybridized carbons (Fsp3) is 0.133. The quantitative estimate of drug-likeness (QED) is 0.626. The Kier molecular flexibility index (Phi) is 3.43. The first kappa shape index (κ1) is 11.9. The zero-order valence-electron chi connectivity index (χ0n) is 9.77. The highest BCUT2D eigenvalue weighted by atomic mass is 79.9.